The molecule has 0 aliphatic carbocycles. The normalized spacial score (nSPS) is 17.2. The Bertz CT molecular complexity index is 445. The quantitative estimate of drug-likeness (QED) is 0.752. The number of hydrogen-bond acceptors (Lipinski definition) is 5. The lowest BCUT2D eigenvalue weighted by atomic mass is 10.3. The van der Waals surface area contributed by atoms with Gasteiger partial charge in [0.25, 0.3) is 0 Å². The van der Waals surface area contributed by atoms with Gasteiger partial charge >= 0.3 is 5.97 Å². The minimum absolute atomic E-state index is 0.102. The van der Waals surface area contributed by atoms with E-state index in [-0.39, 0.29) is 18.7 Å². The van der Waals surface area contributed by atoms with Gasteiger partial charge in [0, 0.05) is 24.7 Å². The molecule has 0 amide bonds. The summed E-state index contributed by atoms with van der Waals surface area (Å²) in [5.74, 6) is 0.225. The van der Waals surface area contributed by atoms with Crippen LogP contribution in [0.25, 0.3) is 0 Å². The molecule has 5 nitrogen and oxygen atoms in total. The molecule has 1 aromatic carbocycles. The molecule has 0 aromatic heterocycles. The fourth-order valence-corrected chi connectivity index (χ4v) is 2.24. The van der Waals surface area contributed by atoms with Gasteiger partial charge in [-0.1, -0.05) is 11.6 Å². The van der Waals surface area contributed by atoms with Crippen LogP contribution in [0.2, 0.25) is 5.02 Å². The van der Waals surface area contributed by atoms with Gasteiger partial charge in [0.2, 0.25) is 0 Å². The van der Waals surface area contributed by atoms with E-state index in [0.29, 0.717) is 10.8 Å². The van der Waals surface area contributed by atoms with E-state index in [1.54, 1.807) is 24.3 Å². The van der Waals surface area contributed by atoms with E-state index in [9.17, 15) is 4.79 Å². The first kappa shape index (κ1) is 16.1. The average molecular weight is 314 g/mol. The average Bonchev–Trinajstić information content (AvgIpc) is 2.47. The molecule has 0 saturated carbocycles. The highest BCUT2D eigenvalue weighted by Gasteiger charge is 2.16. The largest absolute Gasteiger partial charge is 0.482 e. The number of hydrogen-bond donors (Lipinski definition) is 0. The first-order valence-corrected chi connectivity index (χ1v) is 7.39. The molecule has 1 unspecified atom stereocenters. The number of ether oxygens (including phenoxy) is 3. The summed E-state index contributed by atoms with van der Waals surface area (Å²) in [6.07, 6.45) is -0.163. The molecule has 6 heteroatoms. The standard InChI is InChI=1S/C15H20ClNO4/c1-12(10-17-6-8-19-9-7-17)21-15(18)11-20-14-4-2-13(16)3-5-14/h2-5,12H,6-11H2,1H3. The van der Waals surface area contributed by atoms with Crippen LogP contribution in [0.3, 0.4) is 0 Å². The second-order valence-corrected chi connectivity index (χ2v) is 5.39. The van der Waals surface area contributed by atoms with Crippen molar-refractivity contribution >= 4 is 17.6 Å². The zero-order valence-corrected chi connectivity index (χ0v) is 12.8. The Balaban J connectivity index is 1.67. The molecule has 0 N–H and O–H groups in total. The van der Waals surface area contributed by atoms with Gasteiger partial charge in [-0.15, -0.1) is 0 Å². The van der Waals surface area contributed by atoms with E-state index >= 15 is 0 Å². The number of esters is 1. The smallest absolute Gasteiger partial charge is 0.344 e. The van der Waals surface area contributed by atoms with E-state index in [4.69, 9.17) is 25.8 Å². The van der Waals surface area contributed by atoms with Crippen LogP contribution in [0, 0.1) is 0 Å². The highest BCUT2D eigenvalue weighted by Crippen LogP contribution is 2.15. The molecular formula is C15H20ClNO4. The fourth-order valence-electron chi connectivity index (χ4n) is 2.12. The van der Waals surface area contributed by atoms with Gasteiger partial charge in [0.15, 0.2) is 6.61 Å². The third kappa shape index (κ3) is 5.91. The molecule has 0 bridgehead atoms. The van der Waals surface area contributed by atoms with Crippen LogP contribution in [0.15, 0.2) is 24.3 Å². The molecule has 1 fully saturated rings. The minimum Gasteiger partial charge on any atom is -0.482 e. The highest BCUT2D eigenvalue weighted by atomic mass is 35.5. The molecule has 2 rings (SSSR count). The molecule has 116 valence electrons. The first-order valence-electron chi connectivity index (χ1n) is 7.01. The van der Waals surface area contributed by atoms with Crippen molar-refractivity contribution in [2.45, 2.75) is 13.0 Å². The van der Waals surface area contributed by atoms with Crippen molar-refractivity contribution in [1.82, 2.24) is 4.90 Å². The van der Waals surface area contributed by atoms with Crippen molar-refractivity contribution < 1.29 is 19.0 Å². The van der Waals surface area contributed by atoms with E-state index < -0.39 is 0 Å². The summed E-state index contributed by atoms with van der Waals surface area (Å²) in [7, 11) is 0. The predicted octanol–water partition coefficient (Wildman–Crippen LogP) is 1.98. The van der Waals surface area contributed by atoms with Gasteiger partial charge in [0.1, 0.15) is 11.9 Å². The third-order valence-electron chi connectivity index (χ3n) is 3.12. The molecule has 1 atom stereocenters. The van der Waals surface area contributed by atoms with Crippen molar-refractivity contribution in [3.63, 3.8) is 0 Å². The van der Waals surface area contributed by atoms with Crippen molar-refractivity contribution in [2.24, 2.45) is 0 Å². The van der Waals surface area contributed by atoms with Gasteiger partial charge in [-0.2, -0.15) is 0 Å². The number of carbonyl (C=O) groups excluding carboxylic acids is 1. The van der Waals surface area contributed by atoms with Crippen LogP contribution in [0.1, 0.15) is 6.92 Å². The lowest BCUT2D eigenvalue weighted by Gasteiger charge is -2.28. The Labute approximate surface area is 129 Å². The molecule has 1 aliphatic heterocycles. The van der Waals surface area contributed by atoms with Crippen molar-refractivity contribution in [2.75, 3.05) is 39.5 Å². The van der Waals surface area contributed by atoms with E-state index in [0.717, 1.165) is 32.8 Å². The van der Waals surface area contributed by atoms with Gasteiger partial charge in [-0.3, -0.25) is 4.90 Å². The predicted molar refractivity (Wildman–Crippen MR) is 79.8 cm³/mol. The lowest BCUT2D eigenvalue weighted by Crippen LogP contribution is -2.41. The van der Waals surface area contributed by atoms with E-state index in [2.05, 4.69) is 4.90 Å². The van der Waals surface area contributed by atoms with Crippen LogP contribution in [0.4, 0.5) is 0 Å². The van der Waals surface area contributed by atoms with Gasteiger partial charge in [-0.25, -0.2) is 4.79 Å². The van der Waals surface area contributed by atoms with Crippen LogP contribution in [-0.2, 0) is 14.3 Å². The van der Waals surface area contributed by atoms with Crippen LogP contribution in [0.5, 0.6) is 5.75 Å². The summed E-state index contributed by atoms with van der Waals surface area (Å²) < 4.78 is 16.0. The molecule has 1 aromatic rings. The fraction of sp³-hybridized carbons (Fsp3) is 0.533. The van der Waals surface area contributed by atoms with Crippen LogP contribution in [-0.4, -0.2) is 56.4 Å². The molecule has 0 spiro atoms. The Kier molecular flexibility index (Phi) is 6.29. The summed E-state index contributed by atoms with van der Waals surface area (Å²) in [6, 6.07) is 6.85. The summed E-state index contributed by atoms with van der Waals surface area (Å²) in [4.78, 5) is 13.9. The first-order chi connectivity index (χ1) is 10.1. The zero-order valence-electron chi connectivity index (χ0n) is 12.1. The summed E-state index contributed by atoms with van der Waals surface area (Å²) in [5, 5.41) is 0.629. The Morgan fingerprint density at radius 2 is 2.00 bits per heavy atom. The SMILES string of the molecule is CC(CN1CCOCC1)OC(=O)COc1ccc(Cl)cc1. The lowest BCUT2D eigenvalue weighted by molar-refractivity contribution is -0.151. The third-order valence-corrected chi connectivity index (χ3v) is 3.37. The minimum atomic E-state index is -0.370. The Morgan fingerprint density at radius 3 is 2.67 bits per heavy atom. The van der Waals surface area contributed by atoms with E-state index in [1.807, 2.05) is 6.92 Å². The zero-order chi connectivity index (χ0) is 15.1. The van der Waals surface area contributed by atoms with Crippen molar-refractivity contribution in [3.8, 4) is 5.75 Å². The molecule has 1 saturated heterocycles. The molecule has 0 radical (unpaired) electrons. The second kappa shape index (κ2) is 8.22. The topological polar surface area (TPSA) is 48.0 Å². The Morgan fingerprint density at radius 1 is 1.33 bits per heavy atom. The highest BCUT2D eigenvalue weighted by molar-refractivity contribution is 6.30. The maximum atomic E-state index is 11.7. The molecule has 1 aliphatic rings. The van der Waals surface area contributed by atoms with Gasteiger partial charge < -0.3 is 14.2 Å². The summed E-state index contributed by atoms with van der Waals surface area (Å²) in [5.41, 5.74) is 0. The van der Waals surface area contributed by atoms with Crippen LogP contribution >= 0.6 is 11.6 Å². The van der Waals surface area contributed by atoms with Gasteiger partial charge in [-0.05, 0) is 31.2 Å². The summed E-state index contributed by atoms with van der Waals surface area (Å²) in [6.45, 7) is 5.73. The molecule has 21 heavy (non-hydrogen) atoms. The second-order valence-electron chi connectivity index (χ2n) is 4.96. The van der Waals surface area contributed by atoms with E-state index in [1.165, 1.54) is 0 Å². The summed E-state index contributed by atoms with van der Waals surface area (Å²) >= 11 is 5.78. The molecular weight excluding hydrogens is 294 g/mol. The van der Waals surface area contributed by atoms with Crippen molar-refractivity contribution in [1.29, 1.82) is 0 Å². The van der Waals surface area contributed by atoms with Crippen molar-refractivity contribution in [3.05, 3.63) is 29.3 Å². The number of carbonyl (C=O) groups is 1. The molecule has 1 heterocycles. The Hall–Kier alpha value is -1.30. The van der Waals surface area contributed by atoms with Gasteiger partial charge in [0.05, 0.1) is 13.2 Å². The monoisotopic (exact) mass is 313 g/mol. The maximum absolute atomic E-state index is 11.7. The van der Waals surface area contributed by atoms with Crippen LogP contribution < -0.4 is 4.74 Å². The number of rotatable bonds is 6. The number of benzene rings is 1. The number of nitrogens with zero attached hydrogens (tertiary/aromatic N) is 1. The number of morpholine rings is 1. The maximum Gasteiger partial charge on any atom is 0.344 e. The number of halogens is 1.